The topological polar surface area (TPSA) is 35.5 Å². The summed E-state index contributed by atoms with van der Waals surface area (Å²) < 4.78 is 0. The first-order chi connectivity index (χ1) is 15.8. The molecule has 0 radical (unpaired) electrons. The normalized spacial score (nSPS) is 44.8. The van der Waals surface area contributed by atoms with Gasteiger partial charge in [-0.1, -0.05) is 23.3 Å². The molecule has 0 saturated heterocycles. The molecule has 5 heteroatoms. The van der Waals surface area contributed by atoms with Crippen LogP contribution in [0.5, 0.6) is 0 Å². The van der Waals surface area contributed by atoms with Gasteiger partial charge in [0, 0.05) is 37.1 Å². The molecule has 33 heavy (non-hydrogen) atoms. The van der Waals surface area contributed by atoms with E-state index < -0.39 is 6.10 Å². The van der Waals surface area contributed by atoms with Crippen LogP contribution in [0.25, 0.3) is 0 Å². The minimum absolute atomic E-state index is 0.0975. The predicted molar refractivity (Wildman–Crippen MR) is 139 cm³/mol. The number of hydrogen-bond donors (Lipinski definition) is 2. The van der Waals surface area contributed by atoms with E-state index in [4.69, 9.17) is 23.2 Å². The first-order valence-electron chi connectivity index (χ1n) is 13.5. The van der Waals surface area contributed by atoms with Crippen molar-refractivity contribution < 1.29 is 5.11 Å². The maximum atomic E-state index is 10.3. The molecule has 5 unspecified atom stereocenters. The molecule has 186 valence electrons. The van der Waals surface area contributed by atoms with Crippen LogP contribution in [0.3, 0.4) is 0 Å². The van der Waals surface area contributed by atoms with Gasteiger partial charge in [0.2, 0.25) is 0 Å². The van der Waals surface area contributed by atoms with E-state index in [1.165, 1.54) is 12.8 Å². The Labute approximate surface area is 211 Å². The van der Waals surface area contributed by atoms with E-state index in [1.807, 2.05) is 0 Å². The van der Waals surface area contributed by atoms with E-state index >= 15 is 0 Å². The van der Waals surface area contributed by atoms with E-state index in [0.717, 1.165) is 54.9 Å². The monoisotopic (exact) mass is 494 g/mol. The fourth-order valence-electron chi connectivity index (χ4n) is 8.86. The molecule has 0 aliphatic heterocycles. The van der Waals surface area contributed by atoms with Gasteiger partial charge in [0.05, 0.1) is 11.5 Å². The Kier molecular flexibility index (Phi) is 7.56. The highest BCUT2D eigenvalue weighted by atomic mass is 35.5. The number of hydrogen-bond acceptors (Lipinski definition) is 3. The minimum atomic E-state index is -0.517. The highest BCUT2D eigenvalue weighted by Crippen LogP contribution is 2.64. The van der Waals surface area contributed by atoms with Gasteiger partial charge in [0.25, 0.3) is 0 Å². The molecule has 6 rings (SSSR count). The third kappa shape index (κ3) is 5.53. The molecule has 6 aliphatic rings. The minimum Gasteiger partial charge on any atom is -0.391 e. The number of nitrogens with one attached hydrogen (secondary N) is 1. The van der Waals surface area contributed by atoms with E-state index in [9.17, 15) is 5.11 Å². The predicted octanol–water partition coefficient (Wildman–Crippen LogP) is 5.81. The molecule has 0 aromatic rings. The van der Waals surface area contributed by atoms with Gasteiger partial charge in [-0.3, -0.25) is 0 Å². The van der Waals surface area contributed by atoms with Gasteiger partial charge in [0.1, 0.15) is 0 Å². The largest absolute Gasteiger partial charge is 0.391 e. The molecule has 0 aromatic heterocycles. The number of aliphatic hydroxyl groups is 1. The Hall–Kier alpha value is -0.0600. The van der Waals surface area contributed by atoms with Crippen LogP contribution >= 0.6 is 23.2 Å². The smallest absolute Gasteiger partial charge is 0.0792 e. The number of likely N-dealkylation sites (N-methyl/N-ethyl adjacent to an activating group) is 1. The van der Waals surface area contributed by atoms with Crippen LogP contribution in [0.15, 0.2) is 22.8 Å². The molecular weight excluding hydrogens is 451 g/mol. The average molecular weight is 496 g/mol. The van der Waals surface area contributed by atoms with Gasteiger partial charge >= 0.3 is 0 Å². The summed E-state index contributed by atoms with van der Waals surface area (Å²) >= 11 is 12.4. The van der Waals surface area contributed by atoms with E-state index in [1.54, 1.807) is 50.2 Å². The zero-order valence-corrected chi connectivity index (χ0v) is 22.1. The zero-order valence-electron chi connectivity index (χ0n) is 20.6. The van der Waals surface area contributed by atoms with Crippen molar-refractivity contribution in [3.63, 3.8) is 0 Å². The Balaban J connectivity index is 1.09. The first-order valence-corrected chi connectivity index (χ1v) is 14.4. The fraction of sp³-hybridized carbons (Fsp3) is 0.857. The lowest BCUT2D eigenvalue weighted by molar-refractivity contribution is -0.0928. The van der Waals surface area contributed by atoms with Crippen molar-refractivity contribution in [1.82, 2.24) is 10.2 Å². The molecular formula is C28H44Cl2N2O. The van der Waals surface area contributed by atoms with E-state index in [0.29, 0.717) is 17.8 Å². The molecule has 3 nitrogen and oxygen atoms in total. The molecule has 2 N–H and O–H groups in total. The lowest BCUT2D eigenvalue weighted by atomic mass is 9.45. The molecule has 0 heterocycles. The molecule has 4 bridgehead atoms. The highest BCUT2D eigenvalue weighted by Gasteiger charge is 2.54. The summed E-state index contributed by atoms with van der Waals surface area (Å²) in [5, 5.41) is 14.3. The van der Waals surface area contributed by atoms with Gasteiger partial charge in [-0.2, -0.15) is 0 Å². The maximum Gasteiger partial charge on any atom is 0.0792 e. The summed E-state index contributed by atoms with van der Waals surface area (Å²) in [6.45, 7) is 6.27. The van der Waals surface area contributed by atoms with Gasteiger partial charge in [0.15, 0.2) is 0 Å². The number of rotatable bonds is 8. The van der Waals surface area contributed by atoms with Gasteiger partial charge in [-0.05, 0) is 113 Å². The van der Waals surface area contributed by atoms with Crippen LogP contribution in [-0.4, -0.2) is 54.7 Å². The maximum absolute atomic E-state index is 10.3. The number of halogens is 2. The molecule has 6 aliphatic carbocycles. The zero-order chi connectivity index (χ0) is 23.2. The van der Waals surface area contributed by atoms with Crippen LogP contribution in [0.4, 0.5) is 0 Å². The number of allylic oxidation sites excluding steroid dienone is 2. The molecule has 0 spiro atoms. The van der Waals surface area contributed by atoms with Crippen molar-refractivity contribution in [3.8, 4) is 0 Å². The quantitative estimate of drug-likeness (QED) is 0.254. The van der Waals surface area contributed by atoms with Crippen LogP contribution in [-0.2, 0) is 0 Å². The Morgan fingerprint density at radius 2 is 1.73 bits per heavy atom. The van der Waals surface area contributed by atoms with Crippen molar-refractivity contribution in [1.29, 1.82) is 0 Å². The molecule has 0 amide bonds. The second-order valence-corrected chi connectivity index (χ2v) is 13.7. The van der Waals surface area contributed by atoms with Crippen molar-refractivity contribution in [3.05, 3.63) is 22.8 Å². The number of alkyl halides is 1. The SMILES string of the molecule is CC1=CC(CN(C)CCNCC2CC(Cl)=CC(Cl)C2O)CC(C23CC4CC(CC(C4)C2)C3)C1. The first kappa shape index (κ1) is 24.6. The summed E-state index contributed by atoms with van der Waals surface area (Å²) in [4.78, 5) is 2.50. The number of aliphatic hydroxyl groups excluding tert-OH is 1. The van der Waals surface area contributed by atoms with Crippen molar-refractivity contribution in [2.75, 3.05) is 33.2 Å². The van der Waals surface area contributed by atoms with Crippen LogP contribution < -0.4 is 5.32 Å². The van der Waals surface area contributed by atoms with Crippen LogP contribution in [0.1, 0.15) is 64.7 Å². The second kappa shape index (κ2) is 10.1. The lowest BCUT2D eigenvalue weighted by Crippen LogP contribution is -2.50. The number of nitrogens with zero attached hydrogens (tertiary/aromatic N) is 1. The Morgan fingerprint density at radius 1 is 1.06 bits per heavy atom. The summed E-state index contributed by atoms with van der Waals surface area (Å²) in [6, 6.07) is 0. The molecule has 4 saturated carbocycles. The molecule has 0 aromatic carbocycles. The van der Waals surface area contributed by atoms with Crippen molar-refractivity contribution >= 4 is 23.2 Å². The summed E-state index contributed by atoms with van der Waals surface area (Å²) in [5.74, 6) is 4.87. The van der Waals surface area contributed by atoms with E-state index in [-0.39, 0.29) is 11.3 Å². The van der Waals surface area contributed by atoms with Crippen molar-refractivity contribution in [2.24, 2.45) is 40.9 Å². The van der Waals surface area contributed by atoms with Gasteiger partial charge in [-0.25, -0.2) is 0 Å². The van der Waals surface area contributed by atoms with Gasteiger partial charge in [-0.15, -0.1) is 11.6 Å². The highest BCUT2D eigenvalue weighted by molar-refractivity contribution is 6.31. The molecule has 5 atom stereocenters. The standard InChI is InChI=1S/C28H44Cl2N2O/c1-18-5-22(10-24(6-18)28-13-19-7-20(14-28)9-21(8-19)15-28)17-32(2)4-3-31-16-23-11-25(29)12-26(30)27(23)33/h5,12,19-24,26-27,31,33H,3-4,6-11,13-17H2,1-2H3. The van der Waals surface area contributed by atoms with Gasteiger partial charge < -0.3 is 15.3 Å². The third-order valence-electron chi connectivity index (χ3n) is 9.86. The fourth-order valence-corrected chi connectivity index (χ4v) is 9.62. The second-order valence-electron chi connectivity index (χ2n) is 12.7. The summed E-state index contributed by atoms with van der Waals surface area (Å²) in [6.07, 6.45) is 16.6. The summed E-state index contributed by atoms with van der Waals surface area (Å²) in [7, 11) is 2.27. The Bertz CT molecular complexity index is 730. The Morgan fingerprint density at radius 3 is 2.39 bits per heavy atom. The molecule has 4 fully saturated rings. The van der Waals surface area contributed by atoms with Crippen LogP contribution in [0, 0.1) is 40.9 Å². The average Bonchev–Trinajstić information content (AvgIpc) is 2.73. The summed E-state index contributed by atoms with van der Waals surface area (Å²) in [5.41, 5.74) is 2.32. The third-order valence-corrected chi connectivity index (χ3v) is 10.5. The van der Waals surface area contributed by atoms with Crippen molar-refractivity contribution in [2.45, 2.75) is 76.2 Å². The lowest BCUT2D eigenvalue weighted by Gasteiger charge is -2.60. The van der Waals surface area contributed by atoms with Crippen LogP contribution in [0.2, 0.25) is 0 Å². The van der Waals surface area contributed by atoms with E-state index in [2.05, 4.69) is 30.3 Å².